The second-order valence-corrected chi connectivity index (χ2v) is 4.53. The number of rotatable bonds is 1. The number of benzene rings is 2. The lowest BCUT2D eigenvalue weighted by molar-refractivity contribution is 0.448. The number of nitriles is 1. The number of hydrogen-bond acceptors (Lipinski definition) is 2. The van der Waals surface area contributed by atoms with Gasteiger partial charge in [0.05, 0.1) is 28.2 Å². The SMILES string of the molecule is Cn1c(-c2ccc(F)c(F)c2F)nc2cc(C#N)ccc21. The molecular weight excluding hydrogens is 279 g/mol. The zero-order valence-electron chi connectivity index (χ0n) is 10.9. The van der Waals surface area contributed by atoms with Gasteiger partial charge in [-0.25, -0.2) is 18.2 Å². The Morgan fingerprint density at radius 1 is 1.10 bits per heavy atom. The third-order valence-electron chi connectivity index (χ3n) is 3.29. The fourth-order valence-electron chi connectivity index (χ4n) is 2.21. The molecule has 0 N–H and O–H groups in total. The summed E-state index contributed by atoms with van der Waals surface area (Å²) < 4.78 is 41.8. The predicted molar refractivity (Wildman–Crippen MR) is 70.7 cm³/mol. The second kappa shape index (κ2) is 4.63. The standard InChI is InChI=1S/C15H8F3N3/c1-21-12-5-2-8(7-19)6-11(12)20-15(21)9-3-4-10(16)14(18)13(9)17/h2-6H,1H3. The van der Waals surface area contributed by atoms with E-state index in [1.54, 1.807) is 29.8 Å². The predicted octanol–water partition coefficient (Wildman–Crippen LogP) is 3.53. The number of fused-ring (bicyclic) bond motifs is 1. The minimum absolute atomic E-state index is 0.133. The number of hydrogen-bond donors (Lipinski definition) is 0. The molecule has 3 rings (SSSR count). The molecule has 0 saturated heterocycles. The molecule has 6 heteroatoms. The van der Waals surface area contributed by atoms with Crippen LogP contribution in [0.4, 0.5) is 13.2 Å². The van der Waals surface area contributed by atoms with Gasteiger partial charge in [0.2, 0.25) is 0 Å². The van der Waals surface area contributed by atoms with Crippen molar-refractivity contribution < 1.29 is 13.2 Å². The number of aromatic nitrogens is 2. The molecule has 3 nitrogen and oxygen atoms in total. The van der Waals surface area contributed by atoms with Gasteiger partial charge in [0.15, 0.2) is 17.5 Å². The number of nitrogens with zero attached hydrogens (tertiary/aromatic N) is 3. The summed E-state index contributed by atoms with van der Waals surface area (Å²) in [5.74, 6) is -3.90. The minimum atomic E-state index is -1.53. The Hall–Kier alpha value is -2.81. The minimum Gasteiger partial charge on any atom is -0.327 e. The highest BCUT2D eigenvalue weighted by Crippen LogP contribution is 2.28. The van der Waals surface area contributed by atoms with Crippen LogP contribution in [0.1, 0.15) is 5.56 Å². The molecule has 0 bridgehead atoms. The van der Waals surface area contributed by atoms with Crippen LogP contribution in [0.2, 0.25) is 0 Å². The lowest BCUT2D eigenvalue weighted by Gasteiger charge is -2.05. The first-order valence-corrected chi connectivity index (χ1v) is 6.03. The monoisotopic (exact) mass is 287 g/mol. The molecule has 0 atom stereocenters. The number of halogens is 3. The van der Waals surface area contributed by atoms with Gasteiger partial charge in [-0.1, -0.05) is 0 Å². The summed E-state index contributed by atoms with van der Waals surface area (Å²) in [6, 6.07) is 8.80. The van der Waals surface area contributed by atoms with Crippen LogP contribution in [0, 0.1) is 28.8 Å². The van der Waals surface area contributed by atoms with Crippen molar-refractivity contribution in [3.63, 3.8) is 0 Å². The fourth-order valence-corrected chi connectivity index (χ4v) is 2.21. The van der Waals surface area contributed by atoms with Gasteiger partial charge in [-0.2, -0.15) is 5.26 Å². The molecule has 104 valence electrons. The van der Waals surface area contributed by atoms with Crippen LogP contribution in [-0.4, -0.2) is 9.55 Å². The summed E-state index contributed by atoms with van der Waals surface area (Å²) in [5, 5.41) is 8.87. The van der Waals surface area contributed by atoms with Gasteiger partial charge < -0.3 is 4.57 Å². The van der Waals surface area contributed by atoms with E-state index < -0.39 is 17.5 Å². The van der Waals surface area contributed by atoms with Gasteiger partial charge in [-0.15, -0.1) is 0 Å². The Labute approximate surface area is 117 Å². The molecule has 0 spiro atoms. The smallest absolute Gasteiger partial charge is 0.195 e. The van der Waals surface area contributed by atoms with Crippen LogP contribution in [0.5, 0.6) is 0 Å². The van der Waals surface area contributed by atoms with E-state index in [9.17, 15) is 13.2 Å². The Balaban J connectivity index is 2.29. The largest absolute Gasteiger partial charge is 0.327 e. The van der Waals surface area contributed by atoms with Gasteiger partial charge in [-0.05, 0) is 30.3 Å². The first-order valence-electron chi connectivity index (χ1n) is 6.03. The molecule has 0 saturated carbocycles. The van der Waals surface area contributed by atoms with Crippen LogP contribution in [0.3, 0.4) is 0 Å². The van der Waals surface area contributed by atoms with Gasteiger partial charge in [0.25, 0.3) is 0 Å². The summed E-state index contributed by atoms with van der Waals surface area (Å²) in [6.07, 6.45) is 0. The van der Waals surface area contributed by atoms with E-state index in [0.717, 1.165) is 12.1 Å². The van der Waals surface area contributed by atoms with E-state index in [1.807, 2.05) is 6.07 Å². The molecule has 0 fully saturated rings. The molecule has 0 aliphatic carbocycles. The van der Waals surface area contributed by atoms with E-state index in [2.05, 4.69) is 4.98 Å². The van der Waals surface area contributed by atoms with Crippen molar-refractivity contribution in [3.8, 4) is 17.5 Å². The highest BCUT2D eigenvalue weighted by atomic mass is 19.2. The summed E-state index contributed by atoms with van der Waals surface area (Å²) in [4.78, 5) is 4.21. The van der Waals surface area contributed by atoms with Crippen molar-refractivity contribution >= 4 is 11.0 Å². The van der Waals surface area contributed by atoms with Crippen LogP contribution < -0.4 is 0 Å². The quantitative estimate of drug-likeness (QED) is 0.642. The summed E-state index contributed by atoms with van der Waals surface area (Å²) >= 11 is 0. The molecule has 0 aliphatic rings. The van der Waals surface area contributed by atoms with E-state index in [0.29, 0.717) is 16.6 Å². The summed E-state index contributed by atoms with van der Waals surface area (Å²) in [5.41, 5.74) is 1.42. The molecular formula is C15H8F3N3. The molecule has 0 radical (unpaired) electrons. The van der Waals surface area contributed by atoms with E-state index in [1.165, 1.54) is 0 Å². The Morgan fingerprint density at radius 2 is 1.86 bits per heavy atom. The summed E-state index contributed by atoms with van der Waals surface area (Å²) in [7, 11) is 1.64. The molecule has 2 aromatic carbocycles. The van der Waals surface area contributed by atoms with E-state index in [-0.39, 0.29) is 11.4 Å². The van der Waals surface area contributed by atoms with Crippen LogP contribution in [0.15, 0.2) is 30.3 Å². The molecule has 3 aromatic rings. The average Bonchev–Trinajstić information content (AvgIpc) is 2.81. The lowest BCUT2D eigenvalue weighted by Crippen LogP contribution is -1.99. The third kappa shape index (κ3) is 1.94. The maximum Gasteiger partial charge on any atom is 0.195 e. The molecule has 1 heterocycles. The van der Waals surface area contributed by atoms with Crippen molar-refractivity contribution in [2.24, 2.45) is 7.05 Å². The fraction of sp³-hybridized carbons (Fsp3) is 0.0667. The van der Waals surface area contributed by atoms with Crippen LogP contribution in [-0.2, 0) is 7.05 Å². The zero-order chi connectivity index (χ0) is 15.1. The second-order valence-electron chi connectivity index (χ2n) is 4.53. The zero-order valence-corrected chi connectivity index (χ0v) is 10.9. The molecule has 1 aromatic heterocycles. The molecule has 21 heavy (non-hydrogen) atoms. The molecule has 0 amide bonds. The highest BCUT2D eigenvalue weighted by Gasteiger charge is 2.19. The van der Waals surface area contributed by atoms with Crippen LogP contribution in [0.25, 0.3) is 22.4 Å². The average molecular weight is 287 g/mol. The van der Waals surface area contributed by atoms with Gasteiger partial charge >= 0.3 is 0 Å². The normalized spacial score (nSPS) is 10.8. The third-order valence-corrected chi connectivity index (χ3v) is 3.29. The Bertz CT molecular complexity index is 907. The van der Waals surface area contributed by atoms with E-state index >= 15 is 0 Å². The maximum absolute atomic E-state index is 13.9. The number of imidazole rings is 1. The highest BCUT2D eigenvalue weighted by molar-refractivity contribution is 5.81. The van der Waals surface area contributed by atoms with Gasteiger partial charge in [-0.3, -0.25) is 0 Å². The van der Waals surface area contributed by atoms with Crippen molar-refractivity contribution in [2.75, 3.05) is 0 Å². The molecule has 0 aliphatic heterocycles. The first kappa shape index (κ1) is 13.2. The topological polar surface area (TPSA) is 41.6 Å². The van der Waals surface area contributed by atoms with Crippen molar-refractivity contribution in [2.45, 2.75) is 0 Å². The number of aryl methyl sites for hydroxylation is 1. The van der Waals surface area contributed by atoms with Gasteiger partial charge in [0.1, 0.15) is 5.82 Å². The Kier molecular flexibility index (Phi) is 2.91. The van der Waals surface area contributed by atoms with Crippen molar-refractivity contribution in [3.05, 3.63) is 53.3 Å². The van der Waals surface area contributed by atoms with Crippen molar-refractivity contribution in [1.29, 1.82) is 5.26 Å². The van der Waals surface area contributed by atoms with Crippen LogP contribution >= 0.6 is 0 Å². The van der Waals surface area contributed by atoms with E-state index in [4.69, 9.17) is 5.26 Å². The molecule has 0 unspecified atom stereocenters. The Morgan fingerprint density at radius 3 is 2.57 bits per heavy atom. The summed E-state index contributed by atoms with van der Waals surface area (Å²) in [6.45, 7) is 0. The van der Waals surface area contributed by atoms with Crippen molar-refractivity contribution in [1.82, 2.24) is 9.55 Å². The maximum atomic E-state index is 13.9. The first-order chi connectivity index (χ1) is 10.0. The van der Waals surface area contributed by atoms with Gasteiger partial charge in [0, 0.05) is 7.05 Å². The lowest BCUT2D eigenvalue weighted by atomic mass is 10.2.